The zero-order valence-corrected chi connectivity index (χ0v) is 25.8. The number of hydrogen-bond acceptors (Lipinski definition) is 9. The van der Waals surface area contributed by atoms with Crippen molar-refractivity contribution in [3.8, 4) is 5.75 Å². The highest BCUT2D eigenvalue weighted by atomic mass is 127. The molecule has 192 valence electrons. The van der Waals surface area contributed by atoms with Gasteiger partial charge in [-0.3, -0.25) is 13.5 Å². The van der Waals surface area contributed by atoms with E-state index in [2.05, 4.69) is 45.2 Å². The quantitative estimate of drug-likeness (QED) is 0.119. The van der Waals surface area contributed by atoms with E-state index in [1.165, 1.54) is 12.1 Å². The Kier molecular flexibility index (Phi) is 7.15. The standard InChI is InChI=1S/C21H15I3O10S2/c22-8-5-12(16(24)14(23)6-8)20(25)33-17-11-7-13-18(17)34-36(30,31)19(13)15(11)21(26)32-9-1-3-10(4-2-9)35(27,28)29/h1-6,11,13,15,17-19H,7H2,(H,27,28,29). The monoisotopic (exact) mass is 872 g/mol. The van der Waals surface area contributed by atoms with Gasteiger partial charge in [0.15, 0.2) is 0 Å². The summed E-state index contributed by atoms with van der Waals surface area (Å²) in [5, 5.41) is -1.12. The van der Waals surface area contributed by atoms with Crippen molar-refractivity contribution in [1.29, 1.82) is 0 Å². The van der Waals surface area contributed by atoms with Crippen LogP contribution >= 0.6 is 67.8 Å². The summed E-state index contributed by atoms with van der Waals surface area (Å²) in [6.07, 6.45) is -1.51. The van der Waals surface area contributed by atoms with Gasteiger partial charge in [-0.2, -0.15) is 16.8 Å². The van der Waals surface area contributed by atoms with Gasteiger partial charge in [-0.1, -0.05) is 0 Å². The molecule has 0 aromatic heterocycles. The second-order valence-corrected chi connectivity index (χ2v) is 15.2. The third-order valence-corrected chi connectivity index (χ3v) is 12.9. The predicted octanol–water partition coefficient (Wildman–Crippen LogP) is 3.24. The molecule has 1 heterocycles. The van der Waals surface area contributed by atoms with E-state index < -0.39 is 67.4 Å². The van der Waals surface area contributed by atoms with Gasteiger partial charge < -0.3 is 9.47 Å². The van der Waals surface area contributed by atoms with Gasteiger partial charge in [-0.15, -0.1) is 0 Å². The molecule has 0 spiro atoms. The largest absolute Gasteiger partial charge is 0.456 e. The second-order valence-electron chi connectivity index (χ2n) is 8.59. The lowest BCUT2D eigenvalue weighted by Gasteiger charge is -2.30. The average Bonchev–Trinajstić information content (AvgIpc) is 3.38. The summed E-state index contributed by atoms with van der Waals surface area (Å²) < 4.78 is 76.0. The molecule has 0 radical (unpaired) electrons. The number of carbonyl (C=O) groups is 2. The van der Waals surface area contributed by atoms with Gasteiger partial charge in [-0.25, -0.2) is 4.79 Å². The molecule has 2 saturated carbocycles. The Bertz CT molecular complexity index is 1490. The minimum absolute atomic E-state index is 0.0282. The van der Waals surface area contributed by atoms with E-state index in [1.807, 2.05) is 28.7 Å². The fourth-order valence-electron chi connectivity index (χ4n) is 5.21. The van der Waals surface area contributed by atoms with Crippen molar-refractivity contribution in [2.24, 2.45) is 17.8 Å². The summed E-state index contributed by atoms with van der Waals surface area (Å²) in [5.74, 6) is -3.79. The van der Waals surface area contributed by atoms with Crippen molar-refractivity contribution >= 4 is 99.9 Å². The highest BCUT2D eigenvalue weighted by Gasteiger charge is 2.72. The molecule has 2 aliphatic carbocycles. The van der Waals surface area contributed by atoms with Crippen LogP contribution in [0.1, 0.15) is 16.8 Å². The van der Waals surface area contributed by atoms with E-state index in [9.17, 15) is 26.4 Å². The van der Waals surface area contributed by atoms with Gasteiger partial charge in [0, 0.05) is 22.5 Å². The van der Waals surface area contributed by atoms with Crippen molar-refractivity contribution in [2.45, 2.75) is 28.8 Å². The van der Waals surface area contributed by atoms with Crippen LogP contribution < -0.4 is 4.74 Å². The van der Waals surface area contributed by atoms with Crippen LogP contribution in [0, 0.1) is 28.5 Å². The third kappa shape index (κ3) is 4.69. The lowest BCUT2D eigenvalue weighted by atomic mass is 9.84. The molecule has 3 fully saturated rings. The molecule has 15 heteroatoms. The van der Waals surface area contributed by atoms with Crippen molar-refractivity contribution in [3.05, 3.63) is 52.7 Å². The maximum absolute atomic E-state index is 13.2. The van der Waals surface area contributed by atoms with Crippen molar-refractivity contribution in [3.63, 3.8) is 0 Å². The maximum atomic E-state index is 13.2. The van der Waals surface area contributed by atoms with Gasteiger partial charge >= 0.3 is 11.9 Å². The lowest BCUT2D eigenvalue weighted by Crippen LogP contribution is -2.46. The number of fused-ring (bicyclic) bond motifs is 1. The third-order valence-electron chi connectivity index (χ3n) is 6.60. The lowest BCUT2D eigenvalue weighted by molar-refractivity contribution is -0.143. The molecule has 36 heavy (non-hydrogen) atoms. The summed E-state index contributed by atoms with van der Waals surface area (Å²) in [7, 11) is -8.54. The molecule has 2 aromatic rings. The van der Waals surface area contributed by atoms with Crippen LogP contribution in [-0.2, 0) is 34.0 Å². The number of esters is 2. The number of benzene rings is 2. The van der Waals surface area contributed by atoms with Crippen LogP contribution in [0.15, 0.2) is 41.3 Å². The molecule has 1 aliphatic heterocycles. The summed E-state index contributed by atoms with van der Waals surface area (Å²) >= 11 is 6.24. The number of rotatable bonds is 5. The summed E-state index contributed by atoms with van der Waals surface area (Å²) in [5.41, 5.74) is 0.338. The van der Waals surface area contributed by atoms with Gasteiger partial charge in [0.25, 0.3) is 20.2 Å². The smallest absolute Gasteiger partial charge is 0.339 e. The first-order chi connectivity index (χ1) is 16.8. The fourth-order valence-corrected chi connectivity index (χ4v) is 10.1. The minimum Gasteiger partial charge on any atom is -0.456 e. The second kappa shape index (κ2) is 9.54. The normalized spacial score (nSPS) is 29.8. The number of ether oxygens (including phenoxy) is 2. The first-order valence-electron chi connectivity index (χ1n) is 10.3. The Morgan fingerprint density at radius 1 is 1.06 bits per heavy atom. The molecule has 3 aliphatic rings. The van der Waals surface area contributed by atoms with Gasteiger partial charge in [-0.05, 0) is 111 Å². The Balaban J connectivity index is 1.41. The van der Waals surface area contributed by atoms with Crippen LogP contribution in [0.5, 0.6) is 5.75 Å². The van der Waals surface area contributed by atoms with Crippen LogP contribution in [-0.4, -0.2) is 50.8 Å². The average molecular weight is 872 g/mol. The Morgan fingerprint density at radius 3 is 2.36 bits per heavy atom. The first-order valence-corrected chi connectivity index (χ1v) is 16.5. The van der Waals surface area contributed by atoms with E-state index in [0.717, 1.165) is 19.3 Å². The number of hydrogen-bond donors (Lipinski definition) is 1. The summed E-state index contributed by atoms with van der Waals surface area (Å²) in [4.78, 5) is 25.9. The van der Waals surface area contributed by atoms with Crippen LogP contribution in [0.2, 0.25) is 0 Å². The molecule has 0 amide bonds. The first kappa shape index (κ1) is 27.0. The number of halogens is 3. The maximum Gasteiger partial charge on any atom is 0.339 e. The van der Waals surface area contributed by atoms with Crippen LogP contribution in [0.25, 0.3) is 0 Å². The highest BCUT2D eigenvalue weighted by Crippen LogP contribution is 2.58. The van der Waals surface area contributed by atoms with Crippen molar-refractivity contribution < 1.29 is 44.6 Å². The van der Waals surface area contributed by atoms with Crippen molar-refractivity contribution in [1.82, 2.24) is 0 Å². The summed E-state index contributed by atoms with van der Waals surface area (Å²) in [6.45, 7) is 0. The molecule has 5 rings (SSSR count). The van der Waals surface area contributed by atoms with Crippen LogP contribution in [0.3, 0.4) is 0 Å². The molecule has 6 unspecified atom stereocenters. The molecule has 1 N–H and O–H groups in total. The Morgan fingerprint density at radius 2 is 1.72 bits per heavy atom. The molecule has 2 aromatic carbocycles. The highest BCUT2D eigenvalue weighted by molar-refractivity contribution is 14.1. The molecular formula is C21H15I3O10S2. The molecule has 6 atom stereocenters. The Labute approximate surface area is 247 Å². The molecule has 2 bridgehead atoms. The Hall–Kier alpha value is -0.610. The van der Waals surface area contributed by atoms with Gasteiger partial charge in [0.1, 0.15) is 23.2 Å². The topological polar surface area (TPSA) is 150 Å². The zero-order valence-electron chi connectivity index (χ0n) is 17.7. The summed E-state index contributed by atoms with van der Waals surface area (Å²) in [6, 6.07) is 8.04. The van der Waals surface area contributed by atoms with Crippen molar-refractivity contribution in [2.75, 3.05) is 0 Å². The molecule has 1 saturated heterocycles. The van der Waals surface area contributed by atoms with E-state index in [0.29, 0.717) is 15.6 Å². The molecular weight excluding hydrogens is 857 g/mol. The van der Waals surface area contributed by atoms with E-state index in [1.54, 1.807) is 6.07 Å². The number of carbonyl (C=O) groups excluding carboxylic acids is 2. The van der Waals surface area contributed by atoms with E-state index in [4.69, 9.17) is 18.2 Å². The molecule has 10 nitrogen and oxygen atoms in total. The van der Waals surface area contributed by atoms with E-state index >= 15 is 0 Å². The minimum atomic E-state index is -4.43. The van der Waals surface area contributed by atoms with E-state index in [-0.39, 0.29) is 10.6 Å². The predicted molar refractivity (Wildman–Crippen MR) is 148 cm³/mol. The van der Waals surface area contributed by atoms with Crippen LogP contribution in [0.4, 0.5) is 0 Å². The zero-order chi connectivity index (χ0) is 26.2. The van der Waals surface area contributed by atoms with Gasteiger partial charge in [0.2, 0.25) is 0 Å². The van der Waals surface area contributed by atoms with Gasteiger partial charge in [0.05, 0.1) is 16.4 Å². The SMILES string of the molecule is O=C(OC1C2CC3C1OS(=O)(=O)C3C2C(=O)Oc1ccc(S(=O)(=O)O)cc1)c1cc(I)cc(I)c1I. The fraction of sp³-hybridized carbons (Fsp3) is 0.333.